The molecule has 162 valence electrons. The van der Waals surface area contributed by atoms with Gasteiger partial charge in [-0.15, -0.1) is 0 Å². The molecule has 3 N–H and O–H groups in total. The number of halogens is 1. The van der Waals surface area contributed by atoms with Crippen LogP contribution in [0.3, 0.4) is 0 Å². The van der Waals surface area contributed by atoms with Crippen LogP contribution in [0.15, 0.2) is 54.9 Å². The van der Waals surface area contributed by atoms with Gasteiger partial charge in [0.15, 0.2) is 17.2 Å². The Hall–Kier alpha value is -4.44. The highest BCUT2D eigenvalue weighted by molar-refractivity contribution is 5.94. The molecule has 5 aromatic heterocycles. The van der Waals surface area contributed by atoms with Gasteiger partial charge in [-0.3, -0.25) is 9.78 Å². The van der Waals surface area contributed by atoms with E-state index < -0.39 is 0 Å². The van der Waals surface area contributed by atoms with Crippen molar-refractivity contribution in [2.75, 3.05) is 0 Å². The fourth-order valence-corrected chi connectivity index (χ4v) is 3.97. The number of imidazole rings is 1. The van der Waals surface area contributed by atoms with Crippen LogP contribution < -0.4 is 0 Å². The molecule has 6 rings (SSSR count). The number of fused-ring (bicyclic) bond motifs is 2. The summed E-state index contributed by atoms with van der Waals surface area (Å²) in [7, 11) is 1.80. The minimum atomic E-state index is -0.294. The Bertz CT molecular complexity index is 1630. The number of aromatic amines is 2. The summed E-state index contributed by atoms with van der Waals surface area (Å²) in [6.45, 7) is -0.185. The van der Waals surface area contributed by atoms with Gasteiger partial charge in [0.05, 0.1) is 29.0 Å². The Balaban J connectivity index is 1.50. The van der Waals surface area contributed by atoms with E-state index in [9.17, 15) is 9.50 Å². The predicted molar refractivity (Wildman–Crippen MR) is 120 cm³/mol. The number of hydrogen-bond donors (Lipinski definition) is 3. The van der Waals surface area contributed by atoms with Crippen molar-refractivity contribution < 1.29 is 9.50 Å². The zero-order chi connectivity index (χ0) is 22.5. The molecular weight excluding hydrogens is 423 g/mol. The van der Waals surface area contributed by atoms with E-state index in [0.717, 1.165) is 27.7 Å². The van der Waals surface area contributed by atoms with Crippen molar-refractivity contribution in [1.82, 2.24) is 39.9 Å². The quantitative estimate of drug-likeness (QED) is 0.385. The largest absolute Gasteiger partial charge is 0.390 e. The van der Waals surface area contributed by atoms with Crippen LogP contribution in [0, 0.1) is 5.82 Å². The molecule has 0 unspecified atom stereocenters. The molecule has 6 aromatic rings. The molecule has 1 aromatic carbocycles. The lowest BCUT2D eigenvalue weighted by Gasteiger charge is -2.02. The number of nitrogens with one attached hydrogen (secondary N) is 2. The molecule has 0 saturated heterocycles. The van der Waals surface area contributed by atoms with Crippen molar-refractivity contribution in [3.05, 3.63) is 66.4 Å². The van der Waals surface area contributed by atoms with E-state index in [2.05, 4.69) is 30.2 Å². The highest BCUT2D eigenvalue weighted by Gasteiger charge is 2.18. The first-order valence-electron chi connectivity index (χ1n) is 10.2. The minimum Gasteiger partial charge on any atom is -0.390 e. The second kappa shape index (κ2) is 7.31. The van der Waals surface area contributed by atoms with Crippen LogP contribution in [0.2, 0.25) is 0 Å². The summed E-state index contributed by atoms with van der Waals surface area (Å²) >= 11 is 0. The summed E-state index contributed by atoms with van der Waals surface area (Å²) in [6.07, 6.45) is 3.49. The van der Waals surface area contributed by atoms with Gasteiger partial charge in [-0.1, -0.05) is 12.1 Å². The molecule has 0 aliphatic carbocycles. The zero-order valence-electron chi connectivity index (χ0n) is 17.4. The van der Waals surface area contributed by atoms with Crippen LogP contribution >= 0.6 is 0 Å². The summed E-state index contributed by atoms with van der Waals surface area (Å²) in [5, 5.41) is 21.3. The summed E-state index contributed by atoms with van der Waals surface area (Å²) < 4.78 is 15.0. The zero-order valence-corrected chi connectivity index (χ0v) is 17.4. The lowest BCUT2D eigenvalue weighted by Crippen LogP contribution is -1.92. The first-order chi connectivity index (χ1) is 16.1. The molecule has 0 saturated carbocycles. The number of aromatic nitrogens is 8. The standard InChI is InChI=1S/C23H17FN8O/c1-32-10-15(18(11-33)31-32)16-6-7-17-20(26-16)21(30-29-17)23-27-19-14(8-9-25-22(19)28-23)12-2-4-13(24)5-3-12/h2-10,33H,11H2,1H3,(H,29,30)(H,25,27,28). The molecule has 0 fully saturated rings. The van der Waals surface area contributed by atoms with Crippen LogP contribution in [-0.2, 0) is 13.7 Å². The van der Waals surface area contributed by atoms with Gasteiger partial charge in [-0.05, 0) is 35.9 Å². The Kier molecular flexibility index (Phi) is 4.27. The second-order valence-corrected chi connectivity index (χ2v) is 7.64. The van der Waals surface area contributed by atoms with Crippen molar-refractivity contribution >= 4 is 22.2 Å². The Labute approximate surface area is 186 Å². The lowest BCUT2D eigenvalue weighted by atomic mass is 10.1. The molecular formula is C23H17FN8O. The molecule has 0 bridgehead atoms. The number of H-pyrrole nitrogens is 2. The first kappa shape index (κ1) is 19.3. The van der Waals surface area contributed by atoms with Gasteiger partial charge >= 0.3 is 0 Å². The second-order valence-electron chi connectivity index (χ2n) is 7.64. The maximum Gasteiger partial charge on any atom is 0.178 e. The number of hydrogen-bond acceptors (Lipinski definition) is 6. The molecule has 0 aliphatic heterocycles. The van der Waals surface area contributed by atoms with Crippen LogP contribution in [0.25, 0.3) is 56.1 Å². The third kappa shape index (κ3) is 3.15. The topological polar surface area (TPSA) is 121 Å². The van der Waals surface area contributed by atoms with Gasteiger partial charge < -0.3 is 10.1 Å². The highest BCUT2D eigenvalue weighted by Crippen LogP contribution is 2.31. The summed E-state index contributed by atoms with van der Waals surface area (Å²) in [6, 6.07) is 11.9. The van der Waals surface area contributed by atoms with E-state index in [-0.39, 0.29) is 12.4 Å². The molecule has 10 heteroatoms. The van der Waals surface area contributed by atoms with Crippen LogP contribution in [0.1, 0.15) is 5.69 Å². The van der Waals surface area contributed by atoms with Gasteiger partial charge in [0.1, 0.15) is 11.3 Å². The fraction of sp³-hybridized carbons (Fsp3) is 0.0870. The number of benzene rings is 1. The Morgan fingerprint density at radius 1 is 1.03 bits per heavy atom. The van der Waals surface area contributed by atoms with E-state index in [1.165, 1.54) is 12.1 Å². The maximum absolute atomic E-state index is 13.4. The summed E-state index contributed by atoms with van der Waals surface area (Å²) in [5.74, 6) is 0.216. The van der Waals surface area contributed by atoms with Gasteiger partial charge in [0, 0.05) is 30.6 Å². The van der Waals surface area contributed by atoms with Gasteiger partial charge in [-0.2, -0.15) is 10.2 Å². The molecule has 0 amide bonds. The molecule has 0 radical (unpaired) electrons. The molecule has 0 aliphatic rings. The number of aliphatic hydroxyl groups excluding tert-OH is 1. The SMILES string of the molecule is Cn1cc(-c2ccc3[nH]nc(-c4nc5nccc(-c6ccc(F)cc6)c5[nH]4)c3n2)c(CO)n1. The fourth-order valence-electron chi connectivity index (χ4n) is 3.97. The number of aliphatic hydroxyl groups is 1. The molecule has 0 atom stereocenters. The van der Waals surface area contributed by atoms with Crippen molar-refractivity contribution in [2.45, 2.75) is 6.61 Å². The van der Waals surface area contributed by atoms with E-state index in [1.807, 2.05) is 24.4 Å². The molecule has 5 heterocycles. The molecule has 9 nitrogen and oxygen atoms in total. The van der Waals surface area contributed by atoms with E-state index >= 15 is 0 Å². The van der Waals surface area contributed by atoms with Crippen molar-refractivity contribution in [1.29, 1.82) is 0 Å². The summed E-state index contributed by atoms with van der Waals surface area (Å²) in [4.78, 5) is 17.1. The van der Waals surface area contributed by atoms with Crippen LogP contribution in [0.5, 0.6) is 0 Å². The third-order valence-corrected chi connectivity index (χ3v) is 5.51. The van der Waals surface area contributed by atoms with Crippen LogP contribution in [-0.4, -0.2) is 45.0 Å². The smallest absolute Gasteiger partial charge is 0.178 e. The minimum absolute atomic E-state index is 0.185. The van der Waals surface area contributed by atoms with Crippen LogP contribution in [0.4, 0.5) is 4.39 Å². The number of nitrogens with zero attached hydrogens (tertiary/aromatic N) is 6. The lowest BCUT2D eigenvalue weighted by molar-refractivity contribution is 0.276. The monoisotopic (exact) mass is 440 g/mol. The number of pyridine rings is 2. The van der Waals surface area contributed by atoms with Gasteiger partial charge in [0.25, 0.3) is 0 Å². The van der Waals surface area contributed by atoms with E-state index in [0.29, 0.717) is 34.1 Å². The van der Waals surface area contributed by atoms with E-state index in [4.69, 9.17) is 4.98 Å². The van der Waals surface area contributed by atoms with Gasteiger partial charge in [0.2, 0.25) is 0 Å². The number of rotatable bonds is 4. The van der Waals surface area contributed by atoms with Crippen molar-refractivity contribution in [3.63, 3.8) is 0 Å². The Morgan fingerprint density at radius 2 is 1.88 bits per heavy atom. The Morgan fingerprint density at radius 3 is 2.70 bits per heavy atom. The molecule has 0 spiro atoms. The average Bonchev–Trinajstić information content (AvgIpc) is 3.54. The predicted octanol–water partition coefficient (Wildman–Crippen LogP) is 3.60. The first-order valence-corrected chi connectivity index (χ1v) is 10.2. The number of aryl methyl sites for hydroxylation is 1. The average molecular weight is 440 g/mol. The normalized spacial score (nSPS) is 11.6. The molecule has 33 heavy (non-hydrogen) atoms. The van der Waals surface area contributed by atoms with E-state index in [1.54, 1.807) is 30.1 Å². The third-order valence-electron chi connectivity index (χ3n) is 5.51. The van der Waals surface area contributed by atoms with Crippen molar-refractivity contribution in [3.8, 4) is 33.9 Å². The van der Waals surface area contributed by atoms with Crippen molar-refractivity contribution in [2.24, 2.45) is 7.05 Å². The highest BCUT2D eigenvalue weighted by atomic mass is 19.1. The summed E-state index contributed by atoms with van der Waals surface area (Å²) in [5.41, 5.74) is 6.83. The van der Waals surface area contributed by atoms with Gasteiger partial charge in [-0.25, -0.2) is 19.3 Å². The maximum atomic E-state index is 13.4.